The van der Waals surface area contributed by atoms with Crippen LogP contribution in [-0.4, -0.2) is 9.55 Å². The maximum absolute atomic E-state index is 12.4. The first-order valence-corrected chi connectivity index (χ1v) is 9.39. The highest BCUT2D eigenvalue weighted by molar-refractivity contribution is 9.10. The number of nitrogens with zero attached hydrogens (tertiary/aromatic N) is 2. The summed E-state index contributed by atoms with van der Waals surface area (Å²) in [6.45, 7) is 2.38. The maximum Gasteiger partial charge on any atom is 0.254 e. The molecule has 24 heavy (non-hydrogen) atoms. The fraction of sp³-hybridized carbons (Fsp3) is 0.158. The second kappa shape index (κ2) is 7.81. The van der Waals surface area contributed by atoms with Crippen molar-refractivity contribution in [2.24, 2.45) is 0 Å². The molecular weight excluding hydrogens is 384 g/mol. The molecule has 0 aliphatic heterocycles. The molecule has 0 atom stereocenters. The predicted molar refractivity (Wildman–Crippen MR) is 102 cm³/mol. The molecule has 1 heterocycles. The van der Waals surface area contributed by atoms with Gasteiger partial charge >= 0.3 is 0 Å². The molecular formula is C19H17BrN2OS. The van der Waals surface area contributed by atoms with Gasteiger partial charge in [0.25, 0.3) is 5.56 Å². The van der Waals surface area contributed by atoms with Crippen LogP contribution in [0.5, 0.6) is 0 Å². The lowest BCUT2D eigenvalue weighted by Gasteiger charge is -2.12. The van der Waals surface area contributed by atoms with Crippen LogP contribution in [-0.2, 0) is 12.3 Å². The zero-order valence-electron chi connectivity index (χ0n) is 13.3. The number of hydrogen-bond donors (Lipinski definition) is 0. The van der Waals surface area contributed by atoms with E-state index in [1.165, 1.54) is 5.56 Å². The first-order chi connectivity index (χ1) is 11.6. The lowest BCUT2D eigenvalue weighted by Crippen LogP contribution is -2.23. The monoisotopic (exact) mass is 400 g/mol. The van der Waals surface area contributed by atoms with Gasteiger partial charge in [-0.15, -0.1) is 0 Å². The van der Waals surface area contributed by atoms with Crippen LogP contribution in [0.1, 0.15) is 16.8 Å². The van der Waals surface area contributed by atoms with Gasteiger partial charge in [-0.3, -0.25) is 9.36 Å². The van der Waals surface area contributed by atoms with Crippen LogP contribution in [0.25, 0.3) is 0 Å². The molecule has 3 aromatic rings. The van der Waals surface area contributed by atoms with E-state index < -0.39 is 0 Å². The second-order valence-electron chi connectivity index (χ2n) is 5.51. The third kappa shape index (κ3) is 4.36. The highest BCUT2D eigenvalue weighted by Gasteiger charge is 2.09. The van der Waals surface area contributed by atoms with Crippen LogP contribution in [0.4, 0.5) is 0 Å². The Hall–Kier alpha value is -1.85. The molecule has 0 spiro atoms. The van der Waals surface area contributed by atoms with Gasteiger partial charge in [0.15, 0.2) is 5.16 Å². The molecule has 122 valence electrons. The van der Waals surface area contributed by atoms with E-state index in [1.807, 2.05) is 49.4 Å². The quantitative estimate of drug-likeness (QED) is 0.461. The number of benzene rings is 2. The molecule has 0 unspecified atom stereocenters. The Labute approximate surface area is 153 Å². The lowest BCUT2D eigenvalue weighted by molar-refractivity contribution is 0.638. The third-order valence-electron chi connectivity index (χ3n) is 3.57. The molecule has 2 aromatic carbocycles. The number of halogens is 1. The summed E-state index contributed by atoms with van der Waals surface area (Å²) < 4.78 is 2.77. The summed E-state index contributed by atoms with van der Waals surface area (Å²) in [6.07, 6.45) is 0. The molecule has 0 saturated heterocycles. The van der Waals surface area contributed by atoms with Gasteiger partial charge in [0.2, 0.25) is 0 Å². The molecule has 5 heteroatoms. The second-order valence-corrected chi connectivity index (χ2v) is 7.36. The minimum Gasteiger partial charge on any atom is -0.283 e. The zero-order valence-corrected chi connectivity index (χ0v) is 15.7. The summed E-state index contributed by atoms with van der Waals surface area (Å²) in [5, 5.41) is 0.756. The largest absolute Gasteiger partial charge is 0.283 e. The Morgan fingerprint density at radius 1 is 1.04 bits per heavy atom. The van der Waals surface area contributed by atoms with Crippen molar-refractivity contribution in [3.8, 4) is 0 Å². The number of hydrogen-bond acceptors (Lipinski definition) is 3. The van der Waals surface area contributed by atoms with E-state index in [2.05, 4.69) is 33.0 Å². The Bertz CT molecular complexity index is 876. The Balaban J connectivity index is 1.87. The number of thioether (sulfide) groups is 1. The molecule has 0 amide bonds. The lowest BCUT2D eigenvalue weighted by atomic mass is 10.2. The molecule has 0 bridgehead atoms. The van der Waals surface area contributed by atoms with Gasteiger partial charge in [-0.1, -0.05) is 70.2 Å². The first kappa shape index (κ1) is 17.0. The molecule has 0 fully saturated rings. The van der Waals surface area contributed by atoms with Crippen molar-refractivity contribution >= 4 is 27.7 Å². The number of rotatable bonds is 5. The first-order valence-electron chi connectivity index (χ1n) is 7.61. The average molecular weight is 401 g/mol. The predicted octanol–water partition coefficient (Wildman–Crippen LogP) is 4.65. The van der Waals surface area contributed by atoms with Gasteiger partial charge in [-0.25, -0.2) is 4.98 Å². The van der Waals surface area contributed by atoms with Crippen LogP contribution >= 0.6 is 27.7 Å². The minimum absolute atomic E-state index is 0.0130. The molecule has 0 aliphatic carbocycles. The van der Waals surface area contributed by atoms with E-state index >= 15 is 0 Å². The van der Waals surface area contributed by atoms with Gasteiger partial charge in [0.05, 0.1) is 6.54 Å². The minimum atomic E-state index is -0.0130. The molecule has 0 radical (unpaired) electrons. The standard InChI is InChI=1S/C19H17BrN2OS/c1-14-11-18(23)22(12-15-7-9-17(20)10-8-15)19(21-14)24-13-16-5-3-2-4-6-16/h2-11H,12-13H2,1H3. The van der Waals surface area contributed by atoms with Crippen LogP contribution in [0.3, 0.4) is 0 Å². The summed E-state index contributed by atoms with van der Waals surface area (Å²) in [7, 11) is 0. The third-order valence-corrected chi connectivity index (χ3v) is 5.14. The Kier molecular flexibility index (Phi) is 5.53. The van der Waals surface area contributed by atoms with Crippen LogP contribution < -0.4 is 5.56 Å². The molecule has 0 saturated carbocycles. The molecule has 3 rings (SSSR count). The van der Waals surface area contributed by atoms with Crippen molar-refractivity contribution in [1.82, 2.24) is 9.55 Å². The van der Waals surface area contributed by atoms with Gasteiger partial charge in [0.1, 0.15) is 0 Å². The van der Waals surface area contributed by atoms with Crippen molar-refractivity contribution in [2.45, 2.75) is 24.4 Å². The average Bonchev–Trinajstić information content (AvgIpc) is 2.58. The van der Waals surface area contributed by atoms with Crippen molar-refractivity contribution < 1.29 is 0 Å². The van der Waals surface area contributed by atoms with Gasteiger partial charge in [-0.2, -0.15) is 0 Å². The smallest absolute Gasteiger partial charge is 0.254 e. The fourth-order valence-electron chi connectivity index (χ4n) is 2.34. The van der Waals surface area contributed by atoms with Crippen LogP contribution in [0.15, 0.2) is 75.1 Å². The Morgan fingerprint density at radius 3 is 2.46 bits per heavy atom. The van der Waals surface area contributed by atoms with E-state index in [9.17, 15) is 4.79 Å². The van der Waals surface area contributed by atoms with Gasteiger partial charge in [-0.05, 0) is 30.2 Å². The summed E-state index contributed by atoms with van der Waals surface area (Å²) in [5.41, 5.74) is 3.03. The molecule has 3 nitrogen and oxygen atoms in total. The van der Waals surface area contributed by atoms with Gasteiger partial charge in [0, 0.05) is 22.0 Å². The SMILES string of the molecule is Cc1cc(=O)n(Cc2ccc(Br)cc2)c(SCc2ccccc2)n1. The van der Waals surface area contributed by atoms with E-state index in [0.717, 1.165) is 26.6 Å². The number of aryl methyl sites for hydroxylation is 1. The summed E-state index contributed by atoms with van der Waals surface area (Å²) in [4.78, 5) is 17.0. The van der Waals surface area contributed by atoms with Crippen LogP contribution in [0.2, 0.25) is 0 Å². The normalized spacial score (nSPS) is 10.8. The zero-order chi connectivity index (χ0) is 16.9. The van der Waals surface area contributed by atoms with Crippen LogP contribution in [0, 0.1) is 6.92 Å². The molecule has 0 aliphatic rings. The molecule has 1 aromatic heterocycles. The Morgan fingerprint density at radius 2 is 1.75 bits per heavy atom. The molecule has 0 N–H and O–H groups in total. The van der Waals surface area contributed by atoms with Gasteiger partial charge < -0.3 is 0 Å². The van der Waals surface area contributed by atoms with Crippen molar-refractivity contribution in [1.29, 1.82) is 0 Å². The highest BCUT2D eigenvalue weighted by atomic mass is 79.9. The van der Waals surface area contributed by atoms with E-state index in [-0.39, 0.29) is 5.56 Å². The van der Waals surface area contributed by atoms with Crippen molar-refractivity contribution in [3.63, 3.8) is 0 Å². The fourth-order valence-corrected chi connectivity index (χ4v) is 3.62. The van der Waals surface area contributed by atoms with E-state index in [4.69, 9.17) is 0 Å². The maximum atomic E-state index is 12.4. The van der Waals surface area contributed by atoms with Crippen molar-refractivity contribution in [3.05, 3.63) is 92.3 Å². The summed E-state index contributed by atoms with van der Waals surface area (Å²) in [5.74, 6) is 0.789. The van der Waals surface area contributed by atoms with E-state index in [1.54, 1.807) is 22.4 Å². The highest BCUT2D eigenvalue weighted by Crippen LogP contribution is 2.21. The summed E-state index contributed by atoms with van der Waals surface area (Å²) in [6, 6.07) is 19.8. The van der Waals surface area contributed by atoms with E-state index in [0.29, 0.717) is 6.54 Å². The van der Waals surface area contributed by atoms with Crippen molar-refractivity contribution in [2.75, 3.05) is 0 Å². The number of aromatic nitrogens is 2. The summed E-state index contributed by atoms with van der Waals surface area (Å²) >= 11 is 5.03. The topological polar surface area (TPSA) is 34.9 Å².